The maximum atomic E-state index is 5.70. The Balaban J connectivity index is 2.03. The van der Waals surface area contributed by atoms with E-state index in [0.717, 1.165) is 17.7 Å². The second-order valence-electron chi connectivity index (χ2n) is 5.64. The fourth-order valence-corrected chi connectivity index (χ4v) is 3.23. The van der Waals surface area contributed by atoms with Crippen molar-refractivity contribution in [3.8, 4) is 5.75 Å². The van der Waals surface area contributed by atoms with Gasteiger partial charge in [0.25, 0.3) is 0 Å². The van der Waals surface area contributed by atoms with Crippen molar-refractivity contribution in [1.82, 2.24) is 5.48 Å². The summed E-state index contributed by atoms with van der Waals surface area (Å²) in [4.78, 5) is 5.70. The molecule has 0 fully saturated rings. The third kappa shape index (κ3) is 1.77. The van der Waals surface area contributed by atoms with E-state index in [2.05, 4.69) is 66.6 Å². The number of rotatable bonds is 0. The third-order valence-corrected chi connectivity index (χ3v) is 4.12. The van der Waals surface area contributed by atoms with Crippen LogP contribution in [0.15, 0.2) is 42.6 Å². The highest BCUT2D eigenvalue weighted by Gasteiger charge is 2.30. The van der Waals surface area contributed by atoms with Crippen LogP contribution in [0.5, 0.6) is 5.75 Å². The van der Waals surface area contributed by atoms with E-state index in [-0.39, 0.29) is 0 Å². The summed E-state index contributed by atoms with van der Waals surface area (Å²) >= 11 is 0. The van der Waals surface area contributed by atoms with Gasteiger partial charge in [-0.3, -0.25) is 0 Å². The van der Waals surface area contributed by atoms with E-state index >= 15 is 0 Å². The summed E-state index contributed by atoms with van der Waals surface area (Å²) < 4.78 is 2.19. The van der Waals surface area contributed by atoms with Crippen molar-refractivity contribution < 1.29 is 9.41 Å². The maximum Gasteiger partial charge on any atom is 0.214 e. The smallest absolute Gasteiger partial charge is 0.214 e. The fraction of sp³-hybridized carbons (Fsp3) is 0.167. The Hall–Kier alpha value is -2.55. The van der Waals surface area contributed by atoms with Gasteiger partial charge in [0.15, 0.2) is 5.75 Å². The molecule has 0 bridgehead atoms. The normalized spacial score (nSPS) is 14.5. The number of fused-ring (bicyclic) bond motifs is 4. The van der Waals surface area contributed by atoms with Gasteiger partial charge in [-0.25, -0.2) is 10.1 Å². The Labute approximate surface area is 124 Å². The number of hydrogen-bond donors (Lipinski definition) is 1. The molecule has 3 nitrogen and oxygen atoms in total. The predicted octanol–water partition coefficient (Wildman–Crippen LogP) is 2.57. The summed E-state index contributed by atoms with van der Waals surface area (Å²) in [5.41, 5.74) is 10.4. The van der Waals surface area contributed by atoms with Crippen LogP contribution in [0.4, 0.5) is 0 Å². The van der Waals surface area contributed by atoms with Crippen molar-refractivity contribution in [1.29, 1.82) is 0 Å². The number of nitrogens with zero attached hydrogens (tertiary/aromatic N) is 1. The Morgan fingerprint density at radius 1 is 1.05 bits per heavy atom. The zero-order valence-corrected chi connectivity index (χ0v) is 12.2. The first kappa shape index (κ1) is 12.2. The van der Waals surface area contributed by atoms with Gasteiger partial charge in [-0.15, -0.1) is 0 Å². The van der Waals surface area contributed by atoms with Gasteiger partial charge in [0.05, 0.1) is 5.56 Å². The van der Waals surface area contributed by atoms with Crippen LogP contribution in [-0.2, 0) is 6.42 Å². The molecule has 0 atom stereocenters. The van der Waals surface area contributed by atoms with Crippen LogP contribution in [0.25, 0.3) is 6.08 Å². The molecule has 1 heterocycles. The van der Waals surface area contributed by atoms with Crippen LogP contribution in [0.2, 0.25) is 0 Å². The van der Waals surface area contributed by atoms with Crippen LogP contribution in [0, 0.1) is 0 Å². The molecule has 0 spiro atoms. The zero-order valence-electron chi connectivity index (χ0n) is 12.2. The highest BCUT2D eigenvalue weighted by Crippen LogP contribution is 2.36. The molecule has 2 aromatic carbocycles. The topological polar surface area (TPSA) is 24.3 Å². The van der Waals surface area contributed by atoms with Gasteiger partial charge in [-0.1, -0.05) is 24.3 Å². The summed E-state index contributed by atoms with van der Waals surface area (Å²) in [6.45, 7) is 0. The molecule has 4 rings (SSSR count). The predicted molar refractivity (Wildman–Crippen MR) is 83.8 cm³/mol. The molecule has 0 radical (unpaired) electrons. The van der Waals surface area contributed by atoms with Crippen LogP contribution >= 0.6 is 0 Å². The molecule has 0 saturated heterocycles. The van der Waals surface area contributed by atoms with Crippen molar-refractivity contribution in [3.05, 3.63) is 70.4 Å². The summed E-state index contributed by atoms with van der Waals surface area (Å²) in [5.74, 6) is 0.948. The third-order valence-electron chi connectivity index (χ3n) is 4.12. The summed E-state index contributed by atoms with van der Waals surface area (Å²) in [6.07, 6.45) is 4.78. The Morgan fingerprint density at radius 3 is 2.76 bits per heavy atom. The highest BCUT2D eigenvalue weighted by molar-refractivity contribution is 6.13. The first-order valence-electron chi connectivity index (χ1n) is 7.13. The fourth-order valence-electron chi connectivity index (χ4n) is 3.23. The lowest BCUT2D eigenvalue weighted by Crippen LogP contribution is -2.26. The molecule has 0 saturated carbocycles. The van der Waals surface area contributed by atoms with Crippen LogP contribution in [-0.4, -0.2) is 24.4 Å². The van der Waals surface area contributed by atoms with E-state index in [1.165, 1.54) is 28.0 Å². The molecule has 1 aliphatic carbocycles. The van der Waals surface area contributed by atoms with Crippen LogP contribution in [0.3, 0.4) is 0 Å². The number of benzene rings is 2. The van der Waals surface area contributed by atoms with Gasteiger partial charge >= 0.3 is 0 Å². The minimum Gasteiger partial charge on any atom is -0.382 e. The number of hydroxylamine groups is 1. The van der Waals surface area contributed by atoms with Gasteiger partial charge in [0, 0.05) is 29.3 Å². The van der Waals surface area contributed by atoms with Crippen molar-refractivity contribution in [2.75, 3.05) is 14.1 Å². The molecule has 1 aliphatic heterocycles. The average Bonchev–Trinajstić information content (AvgIpc) is 2.52. The van der Waals surface area contributed by atoms with E-state index < -0.39 is 0 Å². The molecule has 104 valence electrons. The van der Waals surface area contributed by atoms with E-state index in [9.17, 15) is 0 Å². The van der Waals surface area contributed by atoms with Gasteiger partial charge in [-0.05, 0) is 23.8 Å². The van der Waals surface area contributed by atoms with Gasteiger partial charge in [0.2, 0.25) is 5.71 Å². The van der Waals surface area contributed by atoms with Crippen molar-refractivity contribution in [2.24, 2.45) is 0 Å². The van der Waals surface area contributed by atoms with E-state index in [4.69, 9.17) is 4.84 Å². The van der Waals surface area contributed by atoms with Crippen molar-refractivity contribution in [3.63, 3.8) is 0 Å². The van der Waals surface area contributed by atoms with E-state index in [1.807, 2.05) is 6.20 Å². The highest BCUT2D eigenvalue weighted by atomic mass is 16.6. The Kier molecular flexibility index (Phi) is 2.61. The average molecular weight is 277 g/mol. The van der Waals surface area contributed by atoms with Crippen molar-refractivity contribution >= 4 is 11.8 Å². The molecule has 0 amide bonds. The zero-order chi connectivity index (χ0) is 14.4. The summed E-state index contributed by atoms with van der Waals surface area (Å²) in [6, 6.07) is 12.9. The number of nitrogens with one attached hydrogen (secondary N) is 1. The number of hydrogen-bond acceptors (Lipinski definition) is 2. The molecule has 2 aromatic rings. The van der Waals surface area contributed by atoms with Crippen molar-refractivity contribution in [2.45, 2.75) is 6.42 Å². The lowest BCUT2D eigenvalue weighted by Gasteiger charge is -2.24. The second kappa shape index (κ2) is 4.48. The first-order valence-corrected chi connectivity index (χ1v) is 7.13. The van der Waals surface area contributed by atoms with Gasteiger partial charge < -0.3 is 4.84 Å². The molecule has 3 heteroatoms. The minimum absolute atomic E-state index is 0.904. The largest absolute Gasteiger partial charge is 0.382 e. The second-order valence-corrected chi connectivity index (χ2v) is 5.64. The Bertz CT molecular complexity index is 799. The minimum atomic E-state index is 0.904. The molecular weight excluding hydrogens is 260 g/mol. The molecule has 0 aromatic heterocycles. The Morgan fingerprint density at radius 2 is 1.90 bits per heavy atom. The lowest BCUT2D eigenvalue weighted by molar-refractivity contribution is -0.463. The quantitative estimate of drug-likeness (QED) is 0.639. The lowest BCUT2D eigenvalue weighted by atomic mass is 9.82. The van der Waals surface area contributed by atoms with E-state index in [0.29, 0.717) is 0 Å². The standard InChI is InChI=1S/C18H16N2O/c1-20(2)17-14-6-4-3-5-13(14)11-16-15(17)8-7-12-9-10-19-21-18(12)16/h3-10H,11H2,1-2H3/p+1. The first-order chi connectivity index (χ1) is 10.3. The maximum absolute atomic E-state index is 5.70. The SMILES string of the molecule is C[N+](C)=C1c2ccccc2Cc2c1ccc1c2ONC=C1. The van der Waals surface area contributed by atoms with Crippen LogP contribution in [0.1, 0.15) is 27.8 Å². The summed E-state index contributed by atoms with van der Waals surface area (Å²) in [5, 5.41) is 0. The molecule has 21 heavy (non-hydrogen) atoms. The van der Waals surface area contributed by atoms with Gasteiger partial charge in [0.1, 0.15) is 14.1 Å². The molecule has 0 unspecified atom stereocenters. The van der Waals surface area contributed by atoms with Gasteiger partial charge in [-0.2, -0.15) is 0 Å². The molecular formula is C18H17N2O+. The summed E-state index contributed by atoms with van der Waals surface area (Å²) in [7, 11) is 4.19. The van der Waals surface area contributed by atoms with E-state index in [1.54, 1.807) is 0 Å². The molecule has 2 aliphatic rings. The van der Waals surface area contributed by atoms with Crippen LogP contribution < -0.4 is 10.3 Å². The monoisotopic (exact) mass is 277 g/mol. The molecule has 1 N–H and O–H groups in total.